The van der Waals surface area contributed by atoms with Crippen LogP contribution in [0.2, 0.25) is 5.02 Å². The summed E-state index contributed by atoms with van der Waals surface area (Å²) in [6, 6.07) is 15.9. The van der Waals surface area contributed by atoms with Gasteiger partial charge in [-0.15, -0.1) is 0 Å². The average molecular weight is 299 g/mol. The second-order valence-electron chi connectivity index (χ2n) is 4.65. The molecule has 0 fully saturated rings. The fourth-order valence-corrected chi connectivity index (χ4v) is 2.28. The first-order valence-corrected chi connectivity index (χ1v) is 7.34. The van der Waals surface area contributed by atoms with Crippen molar-refractivity contribution < 1.29 is 0 Å². The van der Waals surface area contributed by atoms with Gasteiger partial charge < -0.3 is 4.90 Å². The second-order valence-corrected chi connectivity index (χ2v) is 5.06. The third-order valence-electron chi connectivity index (χ3n) is 3.30. The average Bonchev–Trinajstić information content (AvgIpc) is 2.52. The number of rotatable bonds is 4. The van der Waals surface area contributed by atoms with Crippen LogP contribution in [0.3, 0.4) is 0 Å². The molecule has 108 valence electrons. The third kappa shape index (κ3) is 3.53. The van der Waals surface area contributed by atoms with Gasteiger partial charge in [-0.1, -0.05) is 49.4 Å². The molecule has 0 saturated carbocycles. The predicted molar refractivity (Wildman–Crippen MR) is 92.7 cm³/mol. The minimum Gasteiger partial charge on any atom is -0.306 e. The van der Waals surface area contributed by atoms with Crippen LogP contribution in [-0.4, -0.2) is 5.84 Å². The van der Waals surface area contributed by atoms with E-state index in [-0.39, 0.29) is 0 Å². The van der Waals surface area contributed by atoms with Crippen LogP contribution in [-0.2, 0) is 0 Å². The van der Waals surface area contributed by atoms with E-state index >= 15 is 0 Å². The zero-order valence-electron chi connectivity index (χ0n) is 12.4. The molecule has 0 radical (unpaired) electrons. The van der Waals surface area contributed by atoms with Crippen molar-refractivity contribution in [2.45, 2.75) is 20.3 Å². The monoisotopic (exact) mass is 298 g/mol. The van der Waals surface area contributed by atoms with E-state index in [1.165, 1.54) is 0 Å². The van der Waals surface area contributed by atoms with Gasteiger partial charge in [-0.2, -0.15) is 0 Å². The number of amidine groups is 1. The van der Waals surface area contributed by atoms with Gasteiger partial charge in [0.1, 0.15) is 5.84 Å². The quantitative estimate of drug-likeness (QED) is 0.519. The molecule has 0 saturated heterocycles. The molecule has 2 aromatic carbocycles. The van der Waals surface area contributed by atoms with Crippen LogP contribution in [0.5, 0.6) is 0 Å². The summed E-state index contributed by atoms with van der Waals surface area (Å²) in [5.41, 5.74) is 2.93. The maximum Gasteiger partial charge on any atom is 0.113 e. The molecule has 0 aliphatic rings. The SMILES string of the molecule is C=CN(/C(CC)=N\c1cccc(Cl)c1C)c1ccccc1. The van der Waals surface area contributed by atoms with Crippen LogP contribution in [0.25, 0.3) is 0 Å². The zero-order chi connectivity index (χ0) is 15.2. The number of aliphatic imine (C=N–C) groups is 1. The Kier molecular flexibility index (Phi) is 5.18. The van der Waals surface area contributed by atoms with E-state index in [9.17, 15) is 0 Å². The highest BCUT2D eigenvalue weighted by Crippen LogP contribution is 2.27. The lowest BCUT2D eigenvalue weighted by Crippen LogP contribution is -2.24. The van der Waals surface area contributed by atoms with Gasteiger partial charge in [0.05, 0.1) is 5.69 Å². The first-order chi connectivity index (χ1) is 10.2. The second kappa shape index (κ2) is 7.09. The predicted octanol–water partition coefficient (Wildman–Crippen LogP) is 5.74. The van der Waals surface area contributed by atoms with Gasteiger partial charge in [0.15, 0.2) is 0 Å². The number of benzene rings is 2. The van der Waals surface area contributed by atoms with Crippen LogP contribution >= 0.6 is 11.6 Å². The molecule has 0 aliphatic heterocycles. The van der Waals surface area contributed by atoms with Crippen molar-refractivity contribution >= 4 is 28.8 Å². The highest BCUT2D eigenvalue weighted by atomic mass is 35.5. The topological polar surface area (TPSA) is 15.6 Å². The van der Waals surface area contributed by atoms with E-state index in [2.05, 4.69) is 13.5 Å². The summed E-state index contributed by atoms with van der Waals surface area (Å²) in [5.74, 6) is 0.932. The molecule has 0 bridgehead atoms. The fraction of sp³-hybridized carbons (Fsp3) is 0.167. The number of hydrogen-bond donors (Lipinski definition) is 0. The normalized spacial score (nSPS) is 11.3. The summed E-state index contributed by atoms with van der Waals surface area (Å²) in [7, 11) is 0. The fourth-order valence-electron chi connectivity index (χ4n) is 2.11. The van der Waals surface area contributed by atoms with Crippen molar-refractivity contribution in [2.75, 3.05) is 4.90 Å². The van der Waals surface area contributed by atoms with E-state index in [0.29, 0.717) is 0 Å². The molecule has 0 aliphatic carbocycles. The van der Waals surface area contributed by atoms with Crippen molar-refractivity contribution in [3.05, 3.63) is 71.9 Å². The van der Waals surface area contributed by atoms with Gasteiger partial charge in [-0.05, 0) is 36.8 Å². The van der Waals surface area contributed by atoms with E-state index in [0.717, 1.165) is 34.2 Å². The first kappa shape index (κ1) is 15.3. The molecule has 0 N–H and O–H groups in total. The molecule has 0 unspecified atom stereocenters. The molecular formula is C18H19ClN2. The van der Waals surface area contributed by atoms with Crippen molar-refractivity contribution in [2.24, 2.45) is 4.99 Å². The smallest absolute Gasteiger partial charge is 0.113 e. The lowest BCUT2D eigenvalue weighted by Gasteiger charge is -2.21. The number of halogens is 1. The summed E-state index contributed by atoms with van der Waals surface area (Å²) in [6.07, 6.45) is 2.59. The Morgan fingerprint density at radius 3 is 2.52 bits per heavy atom. The number of anilines is 1. The summed E-state index contributed by atoms with van der Waals surface area (Å²) in [6.45, 7) is 7.97. The highest BCUT2D eigenvalue weighted by Gasteiger charge is 2.10. The minimum absolute atomic E-state index is 0.733. The standard InChI is InChI=1S/C18H19ClN2/c1-4-18(20-17-13-9-12-16(19)14(17)3)21(5-2)15-10-7-6-8-11-15/h5-13H,2,4H2,1,3H3/b20-18-. The Hall–Kier alpha value is -2.06. The maximum atomic E-state index is 6.17. The molecule has 2 nitrogen and oxygen atoms in total. The van der Waals surface area contributed by atoms with Crippen molar-refractivity contribution in [3.8, 4) is 0 Å². The first-order valence-electron chi connectivity index (χ1n) is 6.97. The summed E-state index contributed by atoms with van der Waals surface area (Å²) < 4.78 is 0. The van der Waals surface area contributed by atoms with E-state index in [1.807, 2.05) is 60.4 Å². The molecule has 21 heavy (non-hydrogen) atoms. The van der Waals surface area contributed by atoms with Gasteiger partial charge in [0, 0.05) is 23.3 Å². The minimum atomic E-state index is 0.733. The van der Waals surface area contributed by atoms with Crippen LogP contribution in [0.1, 0.15) is 18.9 Å². The van der Waals surface area contributed by atoms with Crippen molar-refractivity contribution in [1.82, 2.24) is 0 Å². The molecule has 2 aromatic rings. The molecule has 0 atom stereocenters. The molecular weight excluding hydrogens is 280 g/mol. The molecule has 0 aromatic heterocycles. The lowest BCUT2D eigenvalue weighted by molar-refractivity contribution is 1.18. The number of hydrogen-bond acceptors (Lipinski definition) is 1. The summed E-state index contributed by atoms with van der Waals surface area (Å²) in [4.78, 5) is 6.77. The van der Waals surface area contributed by atoms with E-state index in [1.54, 1.807) is 6.20 Å². The zero-order valence-corrected chi connectivity index (χ0v) is 13.1. The van der Waals surface area contributed by atoms with Gasteiger partial charge in [0.25, 0.3) is 0 Å². The lowest BCUT2D eigenvalue weighted by atomic mass is 10.2. The van der Waals surface area contributed by atoms with Crippen LogP contribution in [0.15, 0.2) is 66.3 Å². The van der Waals surface area contributed by atoms with Gasteiger partial charge in [-0.25, -0.2) is 4.99 Å². The molecule has 0 spiro atoms. The Labute approximate surface area is 131 Å². The molecule has 3 heteroatoms. The van der Waals surface area contributed by atoms with Crippen molar-refractivity contribution in [3.63, 3.8) is 0 Å². The van der Waals surface area contributed by atoms with Crippen LogP contribution in [0, 0.1) is 6.92 Å². The number of para-hydroxylation sites is 1. The largest absolute Gasteiger partial charge is 0.306 e. The van der Waals surface area contributed by atoms with Crippen molar-refractivity contribution in [1.29, 1.82) is 0 Å². The summed E-state index contributed by atoms with van der Waals surface area (Å²) >= 11 is 6.17. The van der Waals surface area contributed by atoms with Gasteiger partial charge >= 0.3 is 0 Å². The summed E-state index contributed by atoms with van der Waals surface area (Å²) in [5, 5.41) is 0.733. The maximum absolute atomic E-state index is 6.17. The Morgan fingerprint density at radius 1 is 1.19 bits per heavy atom. The van der Waals surface area contributed by atoms with Gasteiger partial charge in [0.2, 0.25) is 0 Å². The van der Waals surface area contributed by atoms with Crippen LogP contribution in [0.4, 0.5) is 11.4 Å². The highest BCUT2D eigenvalue weighted by molar-refractivity contribution is 6.31. The number of nitrogens with zero attached hydrogens (tertiary/aromatic N) is 2. The molecule has 2 rings (SSSR count). The van der Waals surface area contributed by atoms with E-state index in [4.69, 9.17) is 16.6 Å². The van der Waals surface area contributed by atoms with E-state index < -0.39 is 0 Å². The third-order valence-corrected chi connectivity index (χ3v) is 3.71. The Balaban J connectivity index is 2.44. The van der Waals surface area contributed by atoms with Crippen LogP contribution < -0.4 is 4.90 Å². The van der Waals surface area contributed by atoms with Gasteiger partial charge in [-0.3, -0.25) is 0 Å². The molecule has 0 amide bonds. The Morgan fingerprint density at radius 2 is 1.90 bits per heavy atom. The molecule has 0 heterocycles. The Bertz CT molecular complexity index is 648.